The number of piperidine rings is 1. The van der Waals surface area contributed by atoms with Gasteiger partial charge in [0.15, 0.2) is 0 Å². The van der Waals surface area contributed by atoms with Gasteiger partial charge < -0.3 is 15.7 Å². The molecule has 0 spiro atoms. The average molecular weight is 238 g/mol. The van der Waals surface area contributed by atoms with Gasteiger partial charge in [0.2, 0.25) is 0 Å². The molecular formula is C13H19FN2O. The first-order chi connectivity index (χ1) is 8.29. The van der Waals surface area contributed by atoms with Crippen LogP contribution in [0.3, 0.4) is 0 Å². The quantitative estimate of drug-likeness (QED) is 0.738. The van der Waals surface area contributed by atoms with Gasteiger partial charge in [-0.3, -0.25) is 0 Å². The lowest BCUT2D eigenvalue weighted by molar-refractivity contribution is 0.222. The number of rotatable bonds is 4. The first kappa shape index (κ1) is 12.5. The van der Waals surface area contributed by atoms with E-state index in [2.05, 4.69) is 10.6 Å². The van der Waals surface area contributed by atoms with E-state index in [4.69, 9.17) is 0 Å². The zero-order valence-corrected chi connectivity index (χ0v) is 9.82. The Labute approximate surface area is 101 Å². The Hall–Kier alpha value is -0.970. The van der Waals surface area contributed by atoms with Crippen LogP contribution in [0, 0.1) is 5.82 Å². The molecule has 1 aromatic rings. The minimum absolute atomic E-state index is 0.0373. The fourth-order valence-corrected chi connectivity index (χ4v) is 2.22. The maximum absolute atomic E-state index is 12.8. The molecule has 0 aromatic heterocycles. The molecule has 1 aliphatic heterocycles. The fourth-order valence-electron chi connectivity index (χ4n) is 2.22. The lowest BCUT2D eigenvalue weighted by Gasteiger charge is -2.28. The normalized spacial score (nSPS) is 19.2. The van der Waals surface area contributed by atoms with Crippen LogP contribution < -0.4 is 10.6 Å². The van der Waals surface area contributed by atoms with Crippen LogP contribution in [0.2, 0.25) is 0 Å². The van der Waals surface area contributed by atoms with Crippen molar-refractivity contribution in [3.8, 4) is 0 Å². The van der Waals surface area contributed by atoms with Gasteiger partial charge in [-0.25, -0.2) is 4.39 Å². The molecule has 1 fully saturated rings. The molecule has 0 saturated carbocycles. The molecule has 1 aromatic carbocycles. The summed E-state index contributed by atoms with van der Waals surface area (Å²) in [6, 6.07) is 6.65. The summed E-state index contributed by atoms with van der Waals surface area (Å²) in [7, 11) is 0. The third kappa shape index (κ3) is 3.49. The first-order valence-electron chi connectivity index (χ1n) is 6.12. The van der Waals surface area contributed by atoms with Gasteiger partial charge in [0.1, 0.15) is 5.82 Å². The minimum atomic E-state index is -0.243. The largest absolute Gasteiger partial charge is 0.394 e. The minimum Gasteiger partial charge on any atom is -0.394 e. The van der Waals surface area contributed by atoms with Crippen molar-refractivity contribution in [2.75, 3.05) is 19.7 Å². The molecule has 0 bridgehead atoms. The van der Waals surface area contributed by atoms with Crippen molar-refractivity contribution in [2.24, 2.45) is 0 Å². The molecule has 1 unspecified atom stereocenters. The van der Waals surface area contributed by atoms with Gasteiger partial charge in [-0.2, -0.15) is 0 Å². The standard InChI is InChI=1S/C13H19FN2O/c14-11-3-1-10(2-4-11)13(9-17)16-12-5-7-15-8-6-12/h1-4,12-13,15-17H,5-9H2. The molecule has 17 heavy (non-hydrogen) atoms. The third-order valence-electron chi connectivity index (χ3n) is 3.23. The monoisotopic (exact) mass is 238 g/mol. The van der Waals surface area contributed by atoms with E-state index >= 15 is 0 Å². The van der Waals surface area contributed by atoms with Crippen molar-refractivity contribution >= 4 is 0 Å². The Morgan fingerprint density at radius 1 is 1.29 bits per heavy atom. The van der Waals surface area contributed by atoms with E-state index in [1.807, 2.05) is 0 Å². The van der Waals surface area contributed by atoms with Crippen molar-refractivity contribution in [2.45, 2.75) is 24.9 Å². The summed E-state index contributed by atoms with van der Waals surface area (Å²) in [5, 5.41) is 16.1. The summed E-state index contributed by atoms with van der Waals surface area (Å²) in [4.78, 5) is 0. The van der Waals surface area contributed by atoms with E-state index in [9.17, 15) is 9.50 Å². The molecule has 2 rings (SSSR count). The molecule has 1 aliphatic rings. The maximum atomic E-state index is 12.8. The van der Waals surface area contributed by atoms with Crippen molar-refractivity contribution in [1.29, 1.82) is 0 Å². The van der Waals surface area contributed by atoms with Gasteiger partial charge in [-0.1, -0.05) is 12.1 Å². The van der Waals surface area contributed by atoms with Crippen LogP contribution in [-0.4, -0.2) is 30.8 Å². The second-order valence-corrected chi connectivity index (χ2v) is 4.48. The van der Waals surface area contributed by atoms with E-state index in [1.165, 1.54) is 12.1 Å². The molecule has 0 amide bonds. The number of hydrogen-bond donors (Lipinski definition) is 3. The molecule has 1 saturated heterocycles. The zero-order valence-electron chi connectivity index (χ0n) is 9.82. The highest BCUT2D eigenvalue weighted by Gasteiger charge is 2.18. The van der Waals surface area contributed by atoms with E-state index in [0.29, 0.717) is 6.04 Å². The molecule has 0 aliphatic carbocycles. The summed E-state index contributed by atoms with van der Waals surface area (Å²) in [6.07, 6.45) is 2.13. The Balaban J connectivity index is 1.97. The van der Waals surface area contributed by atoms with Gasteiger partial charge >= 0.3 is 0 Å². The summed E-state index contributed by atoms with van der Waals surface area (Å²) in [6.45, 7) is 2.06. The number of aliphatic hydroxyl groups excluding tert-OH is 1. The van der Waals surface area contributed by atoms with E-state index in [0.717, 1.165) is 31.5 Å². The molecule has 94 valence electrons. The lowest BCUT2D eigenvalue weighted by Crippen LogP contribution is -2.42. The van der Waals surface area contributed by atoms with Gasteiger partial charge in [-0.15, -0.1) is 0 Å². The smallest absolute Gasteiger partial charge is 0.123 e. The van der Waals surface area contributed by atoms with Crippen LogP contribution in [0.5, 0.6) is 0 Å². The Morgan fingerprint density at radius 2 is 1.94 bits per heavy atom. The van der Waals surface area contributed by atoms with Crippen molar-refractivity contribution < 1.29 is 9.50 Å². The fraction of sp³-hybridized carbons (Fsp3) is 0.538. The van der Waals surface area contributed by atoms with Crippen molar-refractivity contribution in [3.63, 3.8) is 0 Å². The van der Waals surface area contributed by atoms with Crippen LogP contribution in [0.25, 0.3) is 0 Å². The summed E-state index contributed by atoms with van der Waals surface area (Å²) in [5.41, 5.74) is 0.937. The first-order valence-corrected chi connectivity index (χ1v) is 6.12. The van der Waals surface area contributed by atoms with Crippen molar-refractivity contribution in [1.82, 2.24) is 10.6 Å². The van der Waals surface area contributed by atoms with Crippen LogP contribution in [0.15, 0.2) is 24.3 Å². The molecule has 4 heteroatoms. The molecule has 3 nitrogen and oxygen atoms in total. The van der Waals surface area contributed by atoms with Crippen LogP contribution in [-0.2, 0) is 0 Å². The van der Waals surface area contributed by atoms with Crippen LogP contribution in [0.1, 0.15) is 24.4 Å². The molecule has 3 N–H and O–H groups in total. The molecule has 1 atom stereocenters. The predicted octanol–water partition coefficient (Wildman–Crippen LogP) is 1.20. The zero-order chi connectivity index (χ0) is 12.1. The van der Waals surface area contributed by atoms with Gasteiger partial charge in [0.25, 0.3) is 0 Å². The Bertz CT molecular complexity index is 336. The number of benzene rings is 1. The molecule has 1 heterocycles. The van der Waals surface area contributed by atoms with E-state index < -0.39 is 0 Å². The lowest BCUT2D eigenvalue weighted by atomic mass is 10.0. The number of hydrogen-bond acceptors (Lipinski definition) is 3. The molecule has 0 radical (unpaired) electrons. The third-order valence-corrected chi connectivity index (χ3v) is 3.23. The van der Waals surface area contributed by atoms with Gasteiger partial charge in [0, 0.05) is 6.04 Å². The highest BCUT2D eigenvalue weighted by Crippen LogP contribution is 2.16. The molecular weight excluding hydrogens is 219 g/mol. The summed E-state index contributed by atoms with van der Waals surface area (Å²) >= 11 is 0. The second kappa shape index (κ2) is 6.10. The SMILES string of the molecule is OCC(NC1CCNCC1)c1ccc(F)cc1. The summed E-state index contributed by atoms with van der Waals surface area (Å²) in [5.74, 6) is -0.243. The number of nitrogens with one attached hydrogen (secondary N) is 2. The highest BCUT2D eigenvalue weighted by molar-refractivity contribution is 5.20. The van der Waals surface area contributed by atoms with Crippen LogP contribution in [0.4, 0.5) is 4.39 Å². The Morgan fingerprint density at radius 3 is 2.53 bits per heavy atom. The number of halogens is 1. The van der Waals surface area contributed by atoms with Crippen LogP contribution >= 0.6 is 0 Å². The average Bonchev–Trinajstić information content (AvgIpc) is 2.38. The second-order valence-electron chi connectivity index (χ2n) is 4.48. The topological polar surface area (TPSA) is 44.3 Å². The number of aliphatic hydroxyl groups is 1. The van der Waals surface area contributed by atoms with Gasteiger partial charge in [-0.05, 0) is 43.6 Å². The van der Waals surface area contributed by atoms with E-state index in [1.54, 1.807) is 12.1 Å². The predicted molar refractivity (Wildman–Crippen MR) is 65.3 cm³/mol. The van der Waals surface area contributed by atoms with Gasteiger partial charge in [0.05, 0.1) is 12.6 Å². The van der Waals surface area contributed by atoms with Crippen molar-refractivity contribution in [3.05, 3.63) is 35.6 Å². The maximum Gasteiger partial charge on any atom is 0.123 e. The summed E-state index contributed by atoms with van der Waals surface area (Å²) < 4.78 is 12.8. The van der Waals surface area contributed by atoms with E-state index in [-0.39, 0.29) is 18.5 Å². The highest BCUT2D eigenvalue weighted by atomic mass is 19.1. The Kier molecular flexibility index (Phi) is 4.48.